The summed E-state index contributed by atoms with van der Waals surface area (Å²) in [5.74, 6) is 1.17. The molecule has 0 spiro atoms. The van der Waals surface area contributed by atoms with E-state index in [0.29, 0.717) is 109 Å². The van der Waals surface area contributed by atoms with Crippen LogP contribution >= 0.6 is 0 Å². The maximum Gasteiger partial charge on any atom is 0.183 e. The number of Topliss-reactive ketones (excluding diaryl/α,β-unsaturated/α-hetero) is 2. The number of pyridine rings is 2. The molecule has 14 heteroatoms. The van der Waals surface area contributed by atoms with Crippen molar-refractivity contribution in [2.45, 2.75) is 54.6 Å². The van der Waals surface area contributed by atoms with Gasteiger partial charge in [-0.2, -0.15) is 0 Å². The topological polar surface area (TPSA) is 157 Å². The zero-order valence-corrected chi connectivity index (χ0v) is 31.9. The molecule has 13 nitrogen and oxygen atoms in total. The molecule has 2 N–H and O–H groups in total. The van der Waals surface area contributed by atoms with Gasteiger partial charge in [-0.3, -0.25) is 14.6 Å². The molecule has 1 radical (unpaired) electrons. The molecule has 0 amide bonds. The molecule has 279 valence electrons. The number of anilines is 1. The van der Waals surface area contributed by atoms with Crippen molar-refractivity contribution < 1.29 is 66.4 Å². The van der Waals surface area contributed by atoms with Gasteiger partial charge < -0.3 is 43.6 Å². The number of carbonyl (C=O) groups excluding carboxylic acids is 2. The van der Waals surface area contributed by atoms with E-state index >= 15 is 0 Å². The number of carbonyl (C=O) groups is 2. The summed E-state index contributed by atoms with van der Waals surface area (Å²) in [5.41, 5.74) is 0.878. The molecule has 49 heavy (non-hydrogen) atoms. The fourth-order valence-electron chi connectivity index (χ4n) is 3.40. The van der Waals surface area contributed by atoms with Crippen LogP contribution in [0.25, 0.3) is 0 Å². The number of rotatable bonds is 26. The molecule has 2 rings (SSSR count). The Bertz CT molecular complexity index is 1080. The van der Waals surface area contributed by atoms with Crippen LogP contribution in [0.3, 0.4) is 0 Å². The number of aromatic nitrogens is 2. The monoisotopic (exact) mass is 732 g/mol. The van der Waals surface area contributed by atoms with Crippen LogP contribution in [-0.2, 0) is 47.0 Å². The number of ketones is 2. The van der Waals surface area contributed by atoms with E-state index in [4.69, 9.17) is 38.3 Å². The standard InChI is InChI=1S/C17H28N2O5.C16H25NO5.C2H6.V/c1-14(2)17(21)15-4-3-5-16(19-15)18-6-8-22-10-12-24-13-11-23-9-7-20;1-13(2)21-10-8-19-6-7-20-9-11-22-15-4-5-17-16(12-15)14(3)18;1-2;/h3-5,14,20H,6-13H2,1-2H3,(H,18,19);4-5,12-13H,6-11H2,1-3H3;1-2H3;. The summed E-state index contributed by atoms with van der Waals surface area (Å²) in [6, 6.07) is 8.71. The third kappa shape index (κ3) is 28.0. The predicted molar refractivity (Wildman–Crippen MR) is 185 cm³/mol. The molecule has 0 atom stereocenters. The van der Waals surface area contributed by atoms with Crippen LogP contribution in [-0.4, -0.2) is 125 Å². The minimum atomic E-state index is -0.0831. The second kappa shape index (κ2) is 34.0. The maximum absolute atomic E-state index is 11.9. The van der Waals surface area contributed by atoms with Crippen molar-refractivity contribution in [2.24, 2.45) is 5.92 Å². The van der Waals surface area contributed by atoms with E-state index in [1.807, 2.05) is 53.7 Å². The molecule has 0 bridgehead atoms. The molecule has 0 aliphatic carbocycles. The SMILES string of the molecule is CC.CC(=O)c1cc(OCCOCCOCCOC(C)C)ccn1.CC(C)C(=O)c1cccc(NCCOCCOCCOCCO)n1.[V]. The Morgan fingerprint density at radius 3 is 1.86 bits per heavy atom. The average molecular weight is 733 g/mol. The average Bonchev–Trinajstić information content (AvgIpc) is 3.09. The Hall–Kier alpha value is -2.46. The molecule has 2 heterocycles. The molecule has 0 fully saturated rings. The summed E-state index contributed by atoms with van der Waals surface area (Å²) < 4.78 is 37.4. The molecular weight excluding hydrogens is 673 g/mol. The van der Waals surface area contributed by atoms with Gasteiger partial charge in [-0.1, -0.05) is 33.8 Å². The third-order valence-corrected chi connectivity index (χ3v) is 5.70. The number of hydrogen-bond acceptors (Lipinski definition) is 13. The van der Waals surface area contributed by atoms with Gasteiger partial charge in [0.05, 0.1) is 85.4 Å². The number of ether oxygens (including phenoxy) is 7. The third-order valence-electron chi connectivity index (χ3n) is 5.70. The number of nitrogens with zero attached hydrogens (tertiary/aromatic N) is 2. The fourth-order valence-corrected chi connectivity index (χ4v) is 3.40. The van der Waals surface area contributed by atoms with Crippen LogP contribution in [0.15, 0.2) is 36.5 Å². The minimum Gasteiger partial charge on any atom is -0.491 e. The summed E-state index contributed by atoms with van der Waals surface area (Å²) in [7, 11) is 0. The molecule has 0 saturated heterocycles. The van der Waals surface area contributed by atoms with E-state index in [2.05, 4.69) is 15.3 Å². The Morgan fingerprint density at radius 2 is 1.31 bits per heavy atom. The van der Waals surface area contributed by atoms with Gasteiger partial charge in [0.15, 0.2) is 11.6 Å². The number of nitrogens with one attached hydrogen (secondary N) is 1. The van der Waals surface area contributed by atoms with Crippen LogP contribution in [0.5, 0.6) is 5.75 Å². The van der Waals surface area contributed by atoms with Crippen molar-refractivity contribution in [2.75, 3.05) is 97.8 Å². The molecule has 0 aromatic carbocycles. The number of aliphatic hydroxyl groups excluding tert-OH is 1. The zero-order valence-electron chi connectivity index (χ0n) is 30.5. The van der Waals surface area contributed by atoms with Crippen molar-refractivity contribution >= 4 is 17.4 Å². The van der Waals surface area contributed by atoms with Gasteiger partial charge in [0.1, 0.15) is 29.6 Å². The normalized spacial score (nSPS) is 10.4. The van der Waals surface area contributed by atoms with Crippen molar-refractivity contribution in [3.8, 4) is 5.75 Å². The Labute approximate surface area is 305 Å². The van der Waals surface area contributed by atoms with Crippen LogP contribution in [0.1, 0.15) is 69.4 Å². The fraction of sp³-hybridized carbons (Fsp3) is 0.657. The van der Waals surface area contributed by atoms with Gasteiger partial charge in [-0.15, -0.1) is 0 Å². The van der Waals surface area contributed by atoms with Crippen molar-refractivity contribution in [1.82, 2.24) is 9.97 Å². The first kappa shape index (κ1) is 48.7. The van der Waals surface area contributed by atoms with Gasteiger partial charge in [0.25, 0.3) is 0 Å². The van der Waals surface area contributed by atoms with E-state index in [1.54, 1.807) is 24.4 Å². The zero-order chi connectivity index (χ0) is 35.8. The van der Waals surface area contributed by atoms with Crippen LogP contribution in [0, 0.1) is 5.92 Å². The first-order valence-electron chi connectivity index (χ1n) is 16.7. The largest absolute Gasteiger partial charge is 0.491 e. The smallest absolute Gasteiger partial charge is 0.183 e. The van der Waals surface area contributed by atoms with Crippen molar-refractivity contribution in [3.63, 3.8) is 0 Å². The van der Waals surface area contributed by atoms with E-state index in [1.165, 1.54) is 6.92 Å². The van der Waals surface area contributed by atoms with Gasteiger partial charge in [-0.25, -0.2) is 4.98 Å². The van der Waals surface area contributed by atoms with E-state index in [9.17, 15) is 9.59 Å². The van der Waals surface area contributed by atoms with Crippen molar-refractivity contribution in [3.05, 3.63) is 47.9 Å². The summed E-state index contributed by atoms with van der Waals surface area (Å²) >= 11 is 0. The van der Waals surface area contributed by atoms with Crippen LogP contribution in [0.4, 0.5) is 5.82 Å². The van der Waals surface area contributed by atoms with Gasteiger partial charge >= 0.3 is 0 Å². The second-order valence-corrected chi connectivity index (χ2v) is 10.3. The Kier molecular flexibility index (Phi) is 33.8. The number of aliphatic hydroxyl groups is 1. The molecule has 2 aromatic rings. The second-order valence-electron chi connectivity index (χ2n) is 10.3. The first-order valence-corrected chi connectivity index (χ1v) is 16.7. The minimum absolute atomic E-state index is 0. The summed E-state index contributed by atoms with van der Waals surface area (Å²) in [6.45, 7) is 19.7. The molecular formula is C35H59N3O10V. The molecule has 2 aromatic heterocycles. The maximum atomic E-state index is 11.9. The summed E-state index contributed by atoms with van der Waals surface area (Å²) in [4.78, 5) is 31.4. The van der Waals surface area contributed by atoms with Gasteiger partial charge in [0.2, 0.25) is 0 Å². The molecule has 0 aliphatic heterocycles. The quantitative estimate of drug-likeness (QED) is 0.103. The van der Waals surface area contributed by atoms with Gasteiger partial charge in [-0.05, 0) is 32.0 Å². The molecule has 0 aliphatic rings. The van der Waals surface area contributed by atoms with E-state index < -0.39 is 0 Å². The Morgan fingerprint density at radius 1 is 0.755 bits per heavy atom. The number of hydrogen-bond donors (Lipinski definition) is 2. The van der Waals surface area contributed by atoms with Crippen LogP contribution < -0.4 is 10.1 Å². The van der Waals surface area contributed by atoms with E-state index in [-0.39, 0.29) is 48.8 Å². The summed E-state index contributed by atoms with van der Waals surface area (Å²) in [5, 5.41) is 11.7. The Balaban J connectivity index is 0. The molecule has 0 saturated carbocycles. The predicted octanol–water partition coefficient (Wildman–Crippen LogP) is 4.52. The van der Waals surface area contributed by atoms with E-state index in [0.717, 1.165) is 0 Å². The van der Waals surface area contributed by atoms with Gasteiger partial charge in [0, 0.05) is 50.2 Å². The molecule has 0 unspecified atom stereocenters. The van der Waals surface area contributed by atoms with Crippen LogP contribution in [0.2, 0.25) is 0 Å². The summed E-state index contributed by atoms with van der Waals surface area (Å²) in [6.07, 6.45) is 1.79. The first-order chi connectivity index (χ1) is 23.2. The van der Waals surface area contributed by atoms with Crippen molar-refractivity contribution in [1.29, 1.82) is 0 Å².